The van der Waals surface area contributed by atoms with Crippen molar-refractivity contribution < 1.29 is 102 Å². The SMILES string of the molecule is C[C@@](N)(CO)C[C@@H]1CCCc2c[c-]ccc21.C[C@@](N)(CO)C[C@H]1CCCc2c[c-]ccc21.C[C@](N)(CO)C[C@@H]1CCCc2c[c-]ccc21.C[C@](N)(CO)C[C@H]1CCCc2c[c-]ccc21.[Re].[Re].[Re].[Re]. The fourth-order valence-electron chi connectivity index (χ4n) is 10.5. The van der Waals surface area contributed by atoms with Gasteiger partial charge in [0.1, 0.15) is 0 Å². The monoisotopic (exact) mass is 1620 g/mol. The van der Waals surface area contributed by atoms with Gasteiger partial charge in [0.15, 0.2) is 0 Å². The van der Waals surface area contributed by atoms with Gasteiger partial charge in [-0.1, -0.05) is 51.4 Å². The Labute approximate surface area is 465 Å². The molecule has 0 amide bonds. The first kappa shape index (κ1) is 65.2. The first-order chi connectivity index (χ1) is 30.5. The maximum absolute atomic E-state index is 9.24. The van der Waals surface area contributed by atoms with Crippen molar-refractivity contribution in [2.45, 2.75) is 176 Å². The molecule has 12 N–H and O–H groups in total. The average molecular weight is 1620 g/mol. The van der Waals surface area contributed by atoms with Gasteiger partial charge in [-0.3, -0.25) is 0 Å². The zero-order valence-corrected chi connectivity index (χ0v) is 51.9. The Hall–Kier alpha value is -0.791. The summed E-state index contributed by atoms with van der Waals surface area (Å²) in [5, 5.41) is 37.0. The van der Waals surface area contributed by atoms with Crippen molar-refractivity contribution in [2.75, 3.05) is 26.4 Å². The van der Waals surface area contributed by atoms with Crippen LogP contribution in [0.5, 0.6) is 0 Å². The van der Waals surface area contributed by atoms with Gasteiger partial charge in [0.25, 0.3) is 0 Å². The Bertz CT molecular complexity index is 1750. The van der Waals surface area contributed by atoms with E-state index in [2.05, 4.69) is 72.8 Å². The molecule has 4 aromatic carbocycles. The minimum absolute atomic E-state index is 0. The predicted octanol–water partition coefficient (Wildman–Crippen LogP) is 8.02. The molecule has 0 heterocycles. The summed E-state index contributed by atoms with van der Waals surface area (Å²) >= 11 is 0. The number of rotatable bonds is 12. The van der Waals surface area contributed by atoms with Crippen molar-refractivity contribution in [1.82, 2.24) is 0 Å². The van der Waals surface area contributed by atoms with Crippen molar-refractivity contribution in [3.63, 3.8) is 0 Å². The molecule has 4 aliphatic rings. The smallest absolute Gasteiger partial charge is 0.0608 e. The van der Waals surface area contributed by atoms with E-state index in [-0.39, 0.29) is 108 Å². The van der Waals surface area contributed by atoms with Crippen molar-refractivity contribution in [2.24, 2.45) is 22.9 Å². The number of aliphatic hydroxyl groups excluding tert-OH is 4. The number of hydrogen-bond donors (Lipinski definition) is 8. The summed E-state index contributed by atoms with van der Waals surface area (Å²) in [5.41, 5.74) is 33.6. The van der Waals surface area contributed by atoms with Crippen molar-refractivity contribution in [3.05, 3.63) is 142 Å². The third kappa shape index (κ3) is 20.3. The molecule has 0 fully saturated rings. The van der Waals surface area contributed by atoms with Gasteiger partial charge in [-0.2, -0.15) is 142 Å². The summed E-state index contributed by atoms with van der Waals surface area (Å²) in [6, 6.07) is 37.5. The summed E-state index contributed by atoms with van der Waals surface area (Å²) in [4.78, 5) is 0. The summed E-state index contributed by atoms with van der Waals surface area (Å²) in [5.74, 6) is 2.00. The van der Waals surface area contributed by atoms with Gasteiger partial charge in [-0.05, 0) is 103 Å². The van der Waals surface area contributed by atoms with Crippen LogP contribution in [0.2, 0.25) is 0 Å². The third-order valence-corrected chi connectivity index (χ3v) is 14.0. The van der Waals surface area contributed by atoms with E-state index in [4.69, 9.17) is 22.9 Å². The largest absolute Gasteiger partial charge is 0.394 e. The van der Waals surface area contributed by atoms with Crippen LogP contribution in [0.3, 0.4) is 0 Å². The summed E-state index contributed by atoms with van der Waals surface area (Å²) < 4.78 is 0. The van der Waals surface area contributed by atoms with Crippen LogP contribution >= 0.6 is 0 Å². The predicted molar refractivity (Wildman–Crippen MR) is 261 cm³/mol. The van der Waals surface area contributed by atoms with E-state index in [1.807, 2.05) is 52.0 Å². The number of nitrogens with two attached hydrogens (primary N) is 4. The molecular formula is C56H80N4O4Re4-4. The second kappa shape index (κ2) is 31.1. The van der Waals surface area contributed by atoms with Gasteiger partial charge in [0, 0.05) is 104 Å². The van der Waals surface area contributed by atoms with Crippen molar-refractivity contribution >= 4 is 0 Å². The first-order valence-corrected chi connectivity index (χ1v) is 24.0. The van der Waals surface area contributed by atoms with Crippen LogP contribution in [0.25, 0.3) is 0 Å². The zero-order chi connectivity index (χ0) is 46.4. The average Bonchev–Trinajstić information content (AvgIpc) is 3.30. The first-order valence-electron chi connectivity index (χ1n) is 24.0. The van der Waals surface area contributed by atoms with Gasteiger partial charge < -0.3 is 43.4 Å². The molecule has 0 aromatic heterocycles. The molecule has 4 aromatic rings. The van der Waals surface area contributed by atoms with Crippen LogP contribution in [0.1, 0.15) is 173 Å². The molecule has 0 saturated carbocycles. The van der Waals surface area contributed by atoms with E-state index in [1.165, 1.54) is 95.9 Å². The molecule has 12 heteroatoms. The van der Waals surface area contributed by atoms with E-state index < -0.39 is 22.2 Å². The van der Waals surface area contributed by atoms with E-state index >= 15 is 0 Å². The van der Waals surface area contributed by atoms with Crippen LogP contribution in [0.15, 0.2) is 72.8 Å². The van der Waals surface area contributed by atoms with Crippen LogP contribution in [0, 0.1) is 24.3 Å². The molecule has 4 radical (unpaired) electrons. The molecule has 0 unspecified atom stereocenters. The molecule has 68 heavy (non-hydrogen) atoms. The Balaban J connectivity index is 0.000000445. The quantitative estimate of drug-likeness (QED) is 0.0656. The molecule has 0 bridgehead atoms. The van der Waals surface area contributed by atoms with E-state index in [0.29, 0.717) is 23.7 Å². The topological polar surface area (TPSA) is 185 Å². The Morgan fingerprint density at radius 2 is 0.588 bits per heavy atom. The second-order valence-electron chi connectivity index (χ2n) is 20.9. The normalized spacial score (nSPS) is 22.2. The third-order valence-electron chi connectivity index (χ3n) is 14.0. The van der Waals surface area contributed by atoms with Gasteiger partial charge in [-0.25, -0.2) is 0 Å². The summed E-state index contributed by atoms with van der Waals surface area (Å²) in [7, 11) is 0. The molecule has 8 atom stereocenters. The molecule has 0 aliphatic heterocycles. The maximum Gasteiger partial charge on any atom is 0.0608 e. The Morgan fingerprint density at radius 3 is 0.765 bits per heavy atom. The van der Waals surface area contributed by atoms with E-state index in [1.54, 1.807) is 0 Å². The van der Waals surface area contributed by atoms with Crippen LogP contribution in [-0.4, -0.2) is 69.0 Å². The number of aryl methyl sites for hydroxylation is 4. The molecule has 380 valence electrons. The maximum atomic E-state index is 9.24. The number of fused-ring (bicyclic) bond motifs is 4. The second-order valence-corrected chi connectivity index (χ2v) is 20.9. The number of aliphatic hydroxyl groups is 4. The number of benzene rings is 4. The Morgan fingerprint density at radius 1 is 0.397 bits per heavy atom. The number of hydrogen-bond acceptors (Lipinski definition) is 8. The van der Waals surface area contributed by atoms with Crippen molar-refractivity contribution in [3.8, 4) is 0 Å². The molecule has 8 nitrogen and oxygen atoms in total. The van der Waals surface area contributed by atoms with Gasteiger partial charge in [0.05, 0.1) is 26.4 Å². The van der Waals surface area contributed by atoms with Crippen LogP contribution in [-0.2, 0) is 107 Å². The minimum Gasteiger partial charge on any atom is -0.394 e. The summed E-state index contributed by atoms with van der Waals surface area (Å²) in [6.45, 7) is 7.92. The van der Waals surface area contributed by atoms with Crippen LogP contribution in [0.4, 0.5) is 0 Å². The molecular weight excluding hydrogens is 1540 g/mol. The fraction of sp³-hybridized carbons (Fsp3) is 0.571. The van der Waals surface area contributed by atoms with Crippen molar-refractivity contribution in [1.29, 1.82) is 0 Å². The fourth-order valence-corrected chi connectivity index (χ4v) is 10.5. The van der Waals surface area contributed by atoms with Crippen LogP contribution < -0.4 is 22.9 Å². The standard InChI is InChI=1S/4C14H20NO.4Re/c4*1-14(15,10-16)9-12-7-4-6-11-5-2-3-8-13(11)12;;;;/h4*3,5,8,12,16H,4,6-7,9-10,15H2,1H3;;;;/q4*-1;;;;/t2*12-,14+;2*12-,14-;;;;/m1010..../s1. The summed E-state index contributed by atoms with van der Waals surface area (Å²) in [6.07, 6.45) is 17.7. The molecule has 0 saturated heterocycles. The van der Waals surface area contributed by atoms with E-state index in [9.17, 15) is 20.4 Å². The van der Waals surface area contributed by atoms with Gasteiger partial charge in [0.2, 0.25) is 0 Å². The molecule has 8 rings (SSSR count). The van der Waals surface area contributed by atoms with E-state index in [0.717, 1.165) is 51.4 Å². The van der Waals surface area contributed by atoms with Gasteiger partial charge >= 0.3 is 0 Å². The van der Waals surface area contributed by atoms with Gasteiger partial charge in [-0.15, -0.1) is 0 Å². The molecule has 0 spiro atoms. The molecule has 4 aliphatic carbocycles. The Kier molecular flexibility index (Phi) is 29.8. The zero-order valence-electron chi connectivity index (χ0n) is 41.0. The minimum atomic E-state index is -0.459.